The van der Waals surface area contributed by atoms with Gasteiger partial charge in [-0.15, -0.1) is 0 Å². The van der Waals surface area contributed by atoms with Crippen LogP contribution in [0.1, 0.15) is 62.9 Å². The number of hydrogen-bond acceptors (Lipinski definition) is 6. The lowest BCUT2D eigenvalue weighted by Crippen LogP contribution is -2.44. The summed E-state index contributed by atoms with van der Waals surface area (Å²) < 4.78 is 10.9. The second kappa shape index (κ2) is 10.8. The number of esters is 1. The first kappa shape index (κ1) is 24.9. The smallest absolute Gasteiger partial charge is 0.332 e. The standard InChI is InChI=1S/C23H32N2O5S/c1-15(13-19(26)16-5-7-17(8-6-16)21(24)31)22(28)25-11-9-18(10-12-25)29-14-20(27)30-23(2,3)4/h5-8,15,18H,9-14H2,1-4H3,(H2,24,31)/t15-/m1/s1. The lowest BCUT2D eigenvalue weighted by molar-refractivity contribution is -0.163. The number of ether oxygens (including phenoxy) is 2. The molecule has 0 bridgehead atoms. The molecule has 8 heteroatoms. The molecule has 0 unspecified atom stereocenters. The predicted molar refractivity (Wildman–Crippen MR) is 122 cm³/mol. The summed E-state index contributed by atoms with van der Waals surface area (Å²) in [5, 5.41) is 0. The summed E-state index contributed by atoms with van der Waals surface area (Å²) in [6, 6.07) is 6.79. The van der Waals surface area contributed by atoms with Crippen LogP contribution in [0, 0.1) is 5.92 Å². The largest absolute Gasteiger partial charge is 0.458 e. The van der Waals surface area contributed by atoms with E-state index in [1.54, 1.807) is 36.1 Å². The minimum atomic E-state index is -0.539. The van der Waals surface area contributed by atoms with Crippen LogP contribution in [0.2, 0.25) is 0 Å². The van der Waals surface area contributed by atoms with Crippen molar-refractivity contribution < 1.29 is 23.9 Å². The minimum absolute atomic E-state index is 0.0429. The third-order valence-electron chi connectivity index (χ3n) is 5.02. The van der Waals surface area contributed by atoms with Gasteiger partial charge in [-0.05, 0) is 33.6 Å². The van der Waals surface area contributed by atoms with E-state index in [-0.39, 0.29) is 41.8 Å². The molecule has 1 aromatic rings. The first-order chi connectivity index (χ1) is 14.5. The first-order valence-electron chi connectivity index (χ1n) is 10.5. The van der Waals surface area contributed by atoms with Crippen LogP contribution >= 0.6 is 12.2 Å². The predicted octanol–water partition coefficient (Wildman–Crippen LogP) is 2.88. The Hall–Kier alpha value is -2.32. The van der Waals surface area contributed by atoms with Crippen molar-refractivity contribution >= 4 is 34.9 Å². The van der Waals surface area contributed by atoms with Crippen LogP contribution in [-0.4, -0.2) is 58.9 Å². The maximum absolute atomic E-state index is 12.8. The first-order valence-corrected chi connectivity index (χ1v) is 10.9. The zero-order chi connectivity index (χ0) is 23.2. The number of Topliss-reactive ketones (excluding diaryl/α,β-unsaturated/α-hetero) is 1. The summed E-state index contributed by atoms with van der Waals surface area (Å²) in [7, 11) is 0. The third-order valence-corrected chi connectivity index (χ3v) is 5.25. The maximum Gasteiger partial charge on any atom is 0.332 e. The normalized spacial score (nSPS) is 15.9. The van der Waals surface area contributed by atoms with Gasteiger partial charge in [0.1, 0.15) is 17.2 Å². The summed E-state index contributed by atoms with van der Waals surface area (Å²) in [5.41, 5.74) is 6.27. The highest BCUT2D eigenvalue weighted by atomic mass is 32.1. The van der Waals surface area contributed by atoms with Crippen molar-refractivity contribution in [2.24, 2.45) is 11.7 Å². The van der Waals surface area contributed by atoms with E-state index in [1.165, 1.54) is 0 Å². The number of nitrogens with two attached hydrogens (primary N) is 1. The van der Waals surface area contributed by atoms with Crippen LogP contribution in [-0.2, 0) is 19.1 Å². The number of piperidine rings is 1. The number of nitrogens with zero attached hydrogens (tertiary/aromatic N) is 1. The molecule has 7 nitrogen and oxygen atoms in total. The Balaban J connectivity index is 1.77. The molecule has 0 spiro atoms. The monoisotopic (exact) mass is 448 g/mol. The van der Waals surface area contributed by atoms with E-state index in [4.69, 9.17) is 27.4 Å². The van der Waals surface area contributed by atoms with Crippen LogP contribution in [0.3, 0.4) is 0 Å². The molecule has 1 atom stereocenters. The Kier molecular flexibility index (Phi) is 8.70. The number of thiocarbonyl (C=S) groups is 1. The van der Waals surface area contributed by atoms with Crippen LogP contribution in [0.5, 0.6) is 0 Å². The maximum atomic E-state index is 12.8. The van der Waals surface area contributed by atoms with Crippen molar-refractivity contribution in [2.45, 2.75) is 58.7 Å². The fourth-order valence-electron chi connectivity index (χ4n) is 3.42. The minimum Gasteiger partial charge on any atom is -0.458 e. The molecule has 0 aromatic heterocycles. The molecule has 2 rings (SSSR count). The fraction of sp³-hybridized carbons (Fsp3) is 0.565. The Morgan fingerprint density at radius 1 is 1.13 bits per heavy atom. The molecule has 0 aliphatic carbocycles. The van der Waals surface area contributed by atoms with Gasteiger partial charge in [0.2, 0.25) is 5.91 Å². The number of ketones is 1. The van der Waals surface area contributed by atoms with Gasteiger partial charge < -0.3 is 20.1 Å². The van der Waals surface area contributed by atoms with E-state index in [9.17, 15) is 14.4 Å². The lowest BCUT2D eigenvalue weighted by Gasteiger charge is -2.33. The van der Waals surface area contributed by atoms with E-state index >= 15 is 0 Å². The molecule has 0 radical (unpaired) electrons. The lowest BCUT2D eigenvalue weighted by atomic mass is 9.96. The molecule has 1 aromatic carbocycles. The summed E-state index contributed by atoms with van der Waals surface area (Å²) in [4.78, 5) is 39.1. The Bertz CT molecular complexity index is 808. The summed E-state index contributed by atoms with van der Waals surface area (Å²) in [6.45, 7) is 8.20. The van der Waals surface area contributed by atoms with Crippen molar-refractivity contribution in [3.63, 3.8) is 0 Å². The molecule has 31 heavy (non-hydrogen) atoms. The quantitative estimate of drug-likeness (QED) is 0.371. The number of amides is 1. The SMILES string of the molecule is C[C@H](CC(=O)c1ccc(C(N)=S)cc1)C(=O)N1CCC(OCC(=O)OC(C)(C)C)CC1. The van der Waals surface area contributed by atoms with Gasteiger partial charge in [-0.25, -0.2) is 4.79 Å². The van der Waals surface area contributed by atoms with Crippen molar-refractivity contribution in [3.8, 4) is 0 Å². The number of rotatable bonds is 8. The molecule has 0 saturated carbocycles. The van der Waals surface area contributed by atoms with Crippen molar-refractivity contribution in [3.05, 3.63) is 35.4 Å². The molecular formula is C23H32N2O5S. The van der Waals surface area contributed by atoms with Crippen LogP contribution in [0.4, 0.5) is 0 Å². The van der Waals surface area contributed by atoms with Gasteiger partial charge in [-0.3, -0.25) is 9.59 Å². The number of benzene rings is 1. The van der Waals surface area contributed by atoms with Gasteiger partial charge in [-0.2, -0.15) is 0 Å². The average molecular weight is 449 g/mol. The van der Waals surface area contributed by atoms with E-state index in [0.717, 1.165) is 0 Å². The Morgan fingerprint density at radius 2 is 1.68 bits per heavy atom. The molecule has 1 amide bonds. The Morgan fingerprint density at radius 3 is 2.19 bits per heavy atom. The topological polar surface area (TPSA) is 98.9 Å². The van der Waals surface area contributed by atoms with Gasteiger partial charge in [0.25, 0.3) is 0 Å². The van der Waals surface area contributed by atoms with E-state index in [2.05, 4.69) is 0 Å². The van der Waals surface area contributed by atoms with Crippen LogP contribution in [0.25, 0.3) is 0 Å². The number of hydrogen-bond donors (Lipinski definition) is 1. The molecular weight excluding hydrogens is 416 g/mol. The highest BCUT2D eigenvalue weighted by molar-refractivity contribution is 7.80. The molecule has 1 saturated heterocycles. The molecule has 1 heterocycles. The highest BCUT2D eigenvalue weighted by Gasteiger charge is 2.28. The summed E-state index contributed by atoms with van der Waals surface area (Å²) >= 11 is 4.92. The average Bonchev–Trinajstić information content (AvgIpc) is 2.70. The van der Waals surface area contributed by atoms with Crippen molar-refractivity contribution in [2.75, 3.05) is 19.7 Å². The molecule has 1 fully saturated rings. The zero-order valence-electron chi connectivity index (χ0n) is 18.7. The van der Waals surface area contributed by atoms with Gasteiger partial charge in [0.05, 0.1) is 6.10 Å². The Labute approximate surface area is 189 Å². The van der Waals surface area contributed by atoms with E-state index < -0.39 is 11.5 Å². The van der Waals surface area contributed by atoms with Crippen LogP contribution < -0.4 is 5.73 Å². The molecule has 2 N–H and O–H groups in total. The van der Waals surface area contributed by atoms with Crippen LogP contribution in [0.15, 0.2) is 24.3 Å². The third kappa shape index (κ3) is 8.03. The molecule has 1 aliphatic rings. The molecule has 1 aliphatic heterocycles. The zero-order valence-corrected chi connectivity index (χ0v) is 19.5. The second-order valence-electron chi connectivity index (χ2n) is 8.89. The second-order valence-corrected chi connectivity index (χ2v) is 9.33. The van der Waals surface area contributed by atoms with Gasteiger partial charge in [0.15, 0.2) is 5.78 Å². The van der Waals surface area contributed by atoms with E-state index in [1.807, 2.05) is 20.8 Å². The van der Waals surface area contributed by atoms with Gasteiger partial charge in [-0.1, -0.05) is 43.4 Å². The summed E-state index contributed by atoms with van der Waals surface area (Å²) in [5.74, 6) is -0.939. The van der Waals surface area contributed by atoms with Gasteiger partial charge >= 0.3 is 5.97 Å². The highest BCUT2D eigenvalue weighted by Crippen LogP contribution is 2.19. The van der Waals surface area contributed by atoms with Crippen molar-refractivity contribution in [1.82, 2.24) is 4.90 Å². The van der Waals surface area contributed by atoms with Gasteiger partial charge in [0, 0.05) is 36.6 Å². The number of carbonyl (C=O) groups excluding carboxylic acids is 3. The number of likely N-dealkylation sites (tertiary alicyclic amines) is 1. The molecule has 170 valence electrons. The number of carbonyl (C=O) groups is 3. The fourth-order valence-corrected chi connectivity index (χ4v) is 3.55. The van der Waals surface area contributed by atoms with Crippen molar-refractivity contribution in [1.29, 1.82) is 0 Å². The summed E-state index contributed by atoms with van der Waals surface area (Å²) in [6.07, 6.45) is 1.35. The van der Waals surface area contributed by atoms with E-state index in [0.29, 0.717) is 37.1 Å².